The number of hydrogen-bond acceptors (Lipinski definition) is 5. The summed E-state index contributed by atoms with van der Waals surface area (Å²) in [5.41, 5.74) is 4.50. The highest BCUT2D eigenvalue weighted by atomic mass is 32.1. The first-order valence-electron chi connectivity index (χ1n) is 8.46. The molecule has 7 heteroatoms. The lowest BCUT2D eigenvalue weighted by Crippen LogP contribution is -2.15. The van der Waals surface area contributed by atoms with Crippen LogP contribution in [0.15, 0.2) is 47.2 Å². The number of thiazole rings is 1. The van der Waals surface area contributed by atoms with E-state index in [1.807, 2.05) is 67.9 Å². The van der Waals surface area contributed by atoms with Crippen LogP contribution in [-0.2, 0) is 0 Å². The fourth-order valence-electron chi connectivity index (χ4n) is 2.93. The van der Waals surface area contributed by atoms with Gasteiger partial charge in [0.1, 0.15) is 5.82 Å². The second-order valence-corrected chi connectivity index (χ2v) is 8.19. The van der Waals surface area contributed by atoms with Gasteiger partial charge in [0, 0.05) is 17.0 Å². The number of carbonyl (C=O) groups excluding carboxylic acids is 1. The number of hydrogen-bond donors (Lipinski definition) is 1. The van der Waals surface area contributed by atoms with Crippen LogP contribution in [0, 0.1) is 20.8 Å². The summed E-state index contributed by atoms with van der Waals surface area (Å²) in [7, 11) is 0. The molecule has 136 valence electrons. The highest BCUT2D eigenvalue weighted by Gasteiger charge is 2.16. The van der Waals surface area contributed by atoms with Gasteiger partial charge in [-0.1, -0.05) is 23.3 Å². The molecule has 0 unspecified atom stereocenters. The molecule has 0 spiro atoms. The van der Waals surface area contributed by atoms with E-state index in [0.29, 0.717) is 11.4 Å². The average molecular weight is 395 g/mol. The Morgan fingerprint density at radius 3 is 2.56 bits per heavy atom. The molecule has 0 aliphatic heterocycles. The molecule has 0 fully saturated rings. The predicted octanol–water partition coefficient (Wildman–Crippen LogP) is 5.23. The Kier molecular flexibility index (Phi) is 4.63. The second kappa shape index (κ2) is 7.09. The van der Waals surface area contributed by atoms with E-state index in [1.54, 1.807) is 16.0 Å². The summed E-state index contributed by atoms with van der Waals surface area (Å²) < 4.78 is 1.69. The minimum atomic E-state index is -0.155. The van der Waals surface area contributed by atoms with Crippen LogP contribution in [0.5, 0.6) is 0 Å². The second-order valence-electron chi connectivity index (χ2n) is 6.41. The summed E-state index contributed by atoms with van der Waals surface area (Å²) in [6.45, 7) is 5.87. The van der Waals surface area contributed by atoms with Gasteiger partial charge in [-0.2, -0.15) is 9.78 Å². The molecule has 1 amide bonds. The molecule has 1 aromatic carbocycles. The van der Waals surface area contributed by atoms with Crippen LogP contribution in [0.3, 0.4) is 0 Å². The van der Waals surface area contributed by atoms with Crippen molar-refractivity contribution in [3.63, 3.8) is 0 Å². The van der Waals surface area contributed by atoms with Crippen LogP contribution < -0.4 is 5.32 Å². The Labute approximate surface area is 165 Å². The van der Waals surface area contributed by atoms with Crippen molar-refractivity contribution in [2.75, 3.05) is 5.32 Å². The topological polar surface area (TPSA) is 59.8 Å². The van der Waals surface area contributed by atoms with Gasteiger partial charge in [-0.25, -0.2) is 4.98 Å². The van der Waals surface area contributed by atoms with E-state index >= 15 is 0 Å². The van der Waals surface area contributed by atoms with Gasteiger partial charge in [0.05, 0.1) is 16.3 Å². The fourth-order valence-corrected chi connectivity index (χ4v) is 4.48. The van der Waals surface area contributed by atoms with Crippen LogP contribution in [0.2, 0.25) is 0 Å². The molecular formula is C20H18N4OS2. The highest BCUT2D eigenvalue weighted by molar-refractivity contribution is 7.15. The number of benzene rings is 1. The number of aryl methyl sites for hydroxylation is 3. The van der Waals surface area contributed by atoms with Crippen molar-refractivity contribution in [2.45, 2.75) is 20.8 Å². The molecule has 0 saturated heterocycles. The minimum absolute atomic E-state index is 0.155. The Hall–Kier alpha value is -2.77. The number of carbonyl (C=O) groups is 1. The first-order valence-corrected chi connectivity index (χ1v) is 10.2. The quantitative estimate of drug-likeness (QED) is 0.515. The van der Waals surface area contributed by atoms with Crippen molar-refractivity contribution in [3.8, 4) is 15.7 Å². The molecule has 0 aliphatic carbocycles. The SMILES string of the molecule is Cc1cc(C)cc(C(=O)Nc2cc(C)nn2-c2nc(-c3cccs3)cs2)c1. The zero-order valence-corrected chi connectivity index (χ0v) is 16.8. The summed E-state index contributed by atoms with van der Waals surface area (Å²) in [4.78, 5) is 18.5. The van der Waals surface area contributed by atoms with Gasteiger partial charge in [0.25, 0.3) is 5.91 Å². The van der Waals surface area contributed by atoms with Crippen LogP contribution >= 0.6 is 22.7 Å². The maximum Gasteiger partial charge on any atom is 0.256 e. The molecular weight excluding hydrogens is 376 g/mol. The van der Waals surface area contributed by atoms with Crippen molar-refractivity contribution < 1.29 is 4.79 Å². The van der Waals surface area contributed by atoms with Gasteiger partial charge >= 0.3 is 0 Å². The van der Waals surface area contributed by atoms with E-state index in [1.165, 1.54) is 11.3 Å². The van der Waals surface area contributed by atoms with E-state index in [4.69, 9.17) is 0 Å². The number of nitrogens with zero attached hydrogens (tertiary/aromatic N) is 3. The monoisotopic (exact) mass is 394 g/mol. The maximum absolute atomic E-state index is 12.7. The van der Waals surface area contributed by atoms with Gasteiger partial charge in [-0.05, 0) is 44.4 Å². The van der Waals surface area contributed by atoms with Crippen molar-refractivity contribution in [1.82, 2.24) is 14.8 Å². The summed E-state index contributed by atoms with van der Waals surface area (Å²) in [5, 5.41) is 12.2. The lowest BCUT2D eigenvalue weighted by molar-refractivity contribution is 0.102. The molecule has 0 bridgehead atoms. The number of aromatic nitrogens is 3. The van der Waals surface area contributed by atoms with E-state index in [2.05, 4.69) is 15.4 Å². The molecule has 1 N–H and O–H groups in total. The van der Waals surface area contributed by atoms with E-state index < -0.39 is 0 Å². The van der Waals surface area contributed by atoms with Gasteiger partial charge in [0.15, 0.2) is 0 Å². The van der Waals surface area contributed by atoms with E-state index in [0.717, 1.165) is 32.5 Å². The summed E-state index contributed by atoms with van der Waals surface area (Å²) >= 11 is 3.15. The van der Waals surface area contributed by atoms with Crippen molar-refractivity contribution in [1.29, 1.82) is 0 Å². The lowest BCUT2D eigenvalue weighted by Gasteiger charge is -2.08. The highest BCUT2D eigenvalue weighted by Crippen LogP contribution is 2.29. The largest absolute Gasteiger partial charge is 0.306 e. The Morgan fingerprint density at radius 2 is 1.85 bits per heavy atom. The van der Waals surface area contributed by atoms with Gasteiger partial charge in [-0.3, -0.25) is 4.79 Å². The molecule has 4 rings (SSSR count). The number of nitrogens with one attached hydrogen (secondary N) is 1. The number of rotatable bonds is 4. The Balaban J connectivity index is 1.64. The first kappa shape index (κ1) is 17.6. The standard InChI is InChI=1S/C20H18N4OS2/c1-12-7-13(2)9-15(8-12)19(25)22-18-10-14(3)23-24(18)20-21-16(11-27-20)17-5-4-6-26-17/h4-11H,1-3H3,(H,22,25). The molecule has 5 nitrogen and oxygen atoms in total. The van der Waals surface area contributed by atoms with Gasteiger partial charge in [-0.15, -0.1) is 22.7 Å². The van der Waals surface area contributed by atoms with E-state index in [9.17, 15) is 4.79 Å². The molecule has 0 saturated carbocycles. The van der Waals surface area contributed by atoms with Crippen molar-refractivity contribution in [2.24, 2.45) is 0 Å². The van der Waals surface area contributed by atoms with Crippen LogP contribution in [-0.4, -0.2) is 20.7 Å². The van der Waals surface area contributed by atoms with E-state index in [-0.39, 0.29) is 5.91 Å². The lowest BCUT2D eigenvalue weighted by atomic mass is 10.1. The number of amides is 1. The van der Waals surface area contributed by atoms with Crippen LogP contribution in [0.25, 0.3) is 15.7 Å². The zero-order chi connectivity index (χ0) is 19.0. The molecule has 0 radical (unpaired) electrons. The third kappa shape index (κ3) is 3.70. The molecule has 3 heterocycles. The number of thiophene rings is 1. The third-order valence-electron chi connectivity index (χ3n) is 4.00. The third-order valence-corrected chi connectivity index (χ3v) is 5.71. The zero-order valence-electron chi connectivity index (χ0n) is 15.2. The Morgan fingerprint density at radius 1 is 1.07 bits per heavy atom. The number of anilines is 1. The van der Waals surface area contributed by atoms with Gasteiger partial charge < -0.3 is 5.32 Å². The molecule has 0 atom stereocenters. The van der Waals surface area contributed by atoms with Crippen LogP contribution in [0.4, 0.5) is 5.82 Å². The molecule has 4 aromatic rings. The average Bonchev–Trinajstić information content (AvgIpc) is 3.33. The maximum atomic E-state index is 12.7. The smallest absolute Gasteiger partial charge is 0.256 e. The van der Waals surface area contributed by atoms with Gasteiger partial charge in [0.2, 0.25) is 5.13 Å². The fraction of sp³-hybridized carbons (Fsp3) is 0.150. The molecule has 0 aliphatic rings. The molecule has 3 aromatic heterocycles. The summed E-state index contributed by atoms with van der Waals surface area (Å²) in [5.74, 6) is 0.460. The Bertz CT molecular complexity index is 1090. The van der Waals surface area contributed by atoms with Crippen molar-refractivity contribution >= 4 is 34.4 Å². The summed E-state index contributed by atoms with van der Waals surface area (Å²) in [6.07, 6.45) is 0. The van der Waals surface area contributed by atoms with Crippen LogP contribution in [0.1, 0.15) is 27.2 Å². The first-order chi connectivity index (χ1) is 13.0. The minimum Gasteiger partial charge on any atom is -0.306 e. The normalized spacial score (nSPS) is 10.9. The molecule has 27 heavy (non-hydrogen) atoms. The van der Waals surface area contributed by atoms with Crippen molar-refractivity contribution in [3.05, 3.63) is 69.5 Å². The predicted molar refractivity (Wildman–Crippen MR) is 111 cm³/mol. The summed E-state index contributed by atoms with van der Waals surface area (Å²) in [6, 6.07) is 11.7.